The van der Waals surface area contributed by atoms with Crippen LogP contribution < -0.4 is 4.74 Å². The quantitative estimate of drug-likeness (QED) is 0.628. The first-order valence-corrected chi connectivity index (χ1v) is 11.3. The van der Waals surface area contributed by atoms with Crippen LogP contribution in [0.1, 0.15) is 35.2 Å². The van der Waals surface area contributed by atoms with Crippen molar-refractivity contribution in [1.29, 1.82) is 0 Å². The Bertz CT molecular complexity index is 950. The van der Waals surface area contributed by atoms with E-state index in [0.29, 0.717) is 51.0 Å². The molecule has 0 N–H and O–H groups in total. The summed E-state index contributed by atoms with van der Waals surface area (Å²) in [5.41, 5.74) is 1.88. The topological polar surface area (TPSA) is 66.9 Å². The highest BCUT2D eigenvalue weighted by Crippen LogP contribution is 2.26. The summed E-state index contributed by atoms with van der Waals surface area (Å²) in [6.45, 7) is 2.28. The monoisotopic (exact) mass is 434 g/mol. The summed E-state index contributed by atoms with van der Waals surface area (Å²) < 4.78 is 5.15. The Labute approximate surface area is 189 Å². The molecule has 0 aromatic heterocycles. The lowest BCUT2D eigenvalue weighted by atomic mass is 9.88. The molecular formula is C26H30N2O4. The van der Waals surface area contributed by atoms with Gasteiger partial charge in [0.1, 0.15) is 5.75 Å². The van der Waals surface area contributed by atoms with Crippen molar-refractivity contribution in [2.75, 3.05) is 33.3 Å². The molecule has 2 fully saturated rings. The number of hydrogen-bond acceptors (Lipinski definition) is 4. The Kier molecular flexibility index (Phi) is 6.88. The lowest BCUT2D eigenvalue weighted by Crippen LogP contribution is -2.43. The van der Waals surface area contributed by atoms with Crippen LogP contribution in [0.4, 0.5) is 0 Å². The number of ketones is 1. The van der Waals surface area contributed by atoms with Crippen molar-refractivity contribution >= 4 is 17.6 Å². The maximum atomic E-state index is 13.0. The summed E-state index contributed by atoms with van der Waals surface area (Å²) in [5, 5.41) is 0. The van der Waals surface area contributed by atoms with Gasteiger partial charge in [-0.05, 0) is 49.1 Å². The molecule has 168 valence electrons. The van der Waals surface area contributed by atoms with Gasteiger partial charge in [0.05, 0.1) is 13.0 Å². The number of methoxy groups -OCH3 is 1. The zero-order valence-corrected chi connectivity index (χ0v) is 18.5. The predicted octanol–water partition coefficient (Wildman–Crippen LogP) is 3.21. The highest BCUT2D eigenvalue weighted by atomic mass is 16.5. The third kappa shape index (κ3) is 5.01. The van der Waals surface area contributed by atoms with Crippen LogP contribution >= 0.6 is 0 Å². The molecule has 0 spiro atoms. The van der Waals surface area contributed by atoms with Gasteiger partial charge in [0, 0.05) is 44.1 Å². The van der Waals surface area contributed by atoms with Gasteiger partial charge in [-0.3, -0.25) is 14.4 Å². The van der Waals surface area contributed by atoms with Gasteiger partial charge in [0.15, 0.2) is 5.78 Å². The molecule has 4 rings (SSSR count). The number of amides is 2. The average Bonchev–Trinajstić information content (AvgIpc) is 3.23. The maximum Gasteiger partial charge on any atom is 0.227 e. The molecule has 0 radical (unpaired) electrons. The zero-order valence-electron chi connectivity index (χ0n) is 18.5. The molecule has 0 bridgehead atoms. The molecule has 0 unspecified atom stereocenters. The standard InChI is InChI=1S/C26H30N2O4/c1-32-23-9-7-20(8-10-23)25(30)21-12-15-27(16-13-21)26(31)22-17-24(29)28(18-22)14-11-19-5-3-2-4-6-19/h2-10,21-22H,11-18H2,1H3/t22-/m0/s1. The normalized spacial score (nSPS) is 19.3. The first-order chi connectivity index (χ1) is 15.5. The van der Waals surface area contributed by atoms with Crippen molar-refractivity contribution in [3.8, 4) is 5.75 Å². The van der Waals surface area contributed by atoms with E-state index in [0.717, 1.165) is 12.2 Å². The summed E-state index contributed by atoms with van der Waals surface area (Å²) >= 11 is 0. The zero-order chi connectivity index (χ0) is 22.5. The molecule has 2 amide bonds. The number of nitrogens with zero attached hydrogens (tertiary/aromatic N) is 2. The van der Waals surface area contributed by atoms with E-state index < -0.39 is 0 Å². The number of carbonyl (C=O) groups excluding carboxylic acids is 3. The summed E-state index contributed by atoms with van der Waals surface area (Å²) in [6, 6.07) is 17.3. The number of Topliss-reactive ketones (excluding diaryl/α,β-unsaturated/α-hetero) is 1. The fraction of sp³-hybridized carbons (Fsp3) is 0.423. The molecule has 2 saturated heterocycles. The Morgan fingerprint density at radius 2 is 1.66 bits per heavy atom. The molecule has 2 aliphatic heterocycles. The molecule has 2 heterocycles. The maximum absolute atomic E-state index is 13.0. The molecule has 32 heavy (non-hydrogen) atoms. The van der Waals surface area contributed by atoms with Crippen LogP contribution in [0.3, 0.4) is 0 Å². The van der Waals surface area contributed by atoms with Crippen LogP contribution in [-0.4, -0.2) is 60.7 Å². The molecule has 1 atom stereocenters. The Hall–Kier alpha value is -3.15. The smallest absolute Gasteiger partial charge is 0.227 e. The average molecular weight is 435 g/mol. The summed E-state index contributed by atoms with van der Waals surface area (Å²) in [4.78, 5) is 41.9. The molecule has 0 saturated carbocycles. The summed E-state index contributed by atoms with van der Waals surface area (Å²) in [7, 11) is 1.60. The van der Waals surface area contributed by atoms with Crippen molar-refractivity contribution in [2.24, 2.45) is 11.8 Å². The van der Waals surface area contributed by atoms with E-state index in [1.54, 1.807) is 31.4 Å². The van der Waals surface area contributed by atoms with Crippen LogP contribution in [-0.2, 0) is 16.0 Å². The number of rotatable bonds is 7. The van der Waals surface area contributed by atoms with Gasteiger partial charge in [0.2, 0.25) is 11.8 Å². The van der Waals surface area contributed by atoms with Crippen molar-refractivity contribution < 1.29 is 19.1 Å². The van der Waals surface area contributed by atoms with E-state index in [-0.39, 0.29) is 29.4 Å². The van der Waals surface area contributed by atoms with Gasteiger partial charge < -0.3 is 14.5 Å². The number of likely N-dealkylation sites (tertiary alicyclic amines) is 2. The second-order valence-corrected chi connectivity index (χ2v) is 8.67. The minimum Gasteiger partial charge on any atom is -0.497 e. The summed E-state index contributed by atoms with van der Waals surface area (Å²) in [5.74, 6) is 0.626. The SMILES string of the molecule is COc1ccc(C(=O)C2CCN(C(=O)[C@H]3CC(=O)N(CCc4ccccc4)C3)CC2)cc1. The molecule has 6 heteroatoms. The van der Waals surface area contributed by atoms with E-state index in [1.807, 2.05) is 28.0 Å². The van der Waals surface area contributed by atoms with E-state index in [4.69, 9.17) is 4.74 Å². The molecule has 2 aromatic rings. The van der Waals surface area contributed by atoms with E-state index >= 15 is 0 Å². The van der Waals surface area contributed by atoms with Gasteiger partial charge >= 0.3 is 0 Å². The summed E-state index contributed by atoms with van der Waals surface area (Å²) in [6.07, 6.45) is 2.41. The van der Waals surface area contributed by atoms with Crippen LogP contribution in [0.2, 0.25) is 0 Å². The van der Waals surface area contributed by atoms with Crippen LogP contribution in [0.25, 0.3) is 0 Å². The van der Waals surface area contributed by atoms with Gasteiger partial charge in [-0.25, -0.2) is 0 Å². The highest BCUT2D eigenvalue weighted by molar-refractivity contribution is 5.98. The Morgan fingerprint density at radius 3 is 2.31 bits per heavy atom. The van der Waals surface area contributed by atoms with E-state index in [2.05, 4.69) is 12.1 Å². The highest BCUT2D eigenvalue weighted by Gasteiger charge is 2.38. The third-order valence-electron chi connectivity index (χ3n) is 6.63. The number of piperidine rings is 1. The van der Waals surface area contributed by atoms with Crippen LogP contribution in [0.5, 0.6) is 5.75 Å². The largest absolute Gasteiger partial charge is 0.497 e. The lowest BCUT2D eigenvalue weighted by molar-refractivity contribution is -0.137. The van der Waals surface area contributed by atoms with Gasteiger partial charge in [0.25, 0.3) is 0 Å². The van der Waals surface area contributed by atoms with Gasteiger partial charge in [-0.15, -0.1) is 0 Å². The fourth-order valence-electron chi connectivity index (χ4n) is 4.67. The van der Waals surface area contributed by atoms with E-state index in [1.165, 1.54) is 5.56 Å². The molecule has 0 aliphatic carbocycles. The van der Waals surface area contributed by atoms with Crippen molar-refractivity contribution in [2.45, 2.75) is 25.7 Å². The fourth-order valence-corrected chi connectivity index (χ4v) is 4.67. The Morgan fingerprint density at radius 1 is 0.969 bits per heavy atom. The van der Waals surface area contributed by atoms with Crippen molar-refractivity contribution in [1.82, 2.24) is 9.80 Å². The number of ether oxygens (including phenoxy) is 1. The first kappa shape index (κ1) is 22.1. The molecule has 2 aromatic carbocycles. The third-order valence-corrected chi connectivity index (χ3v) is 6.63. The minimum absolute atomic E-state index is 0.0518. The number of hydrogen-bond donors (Lipinski definition) is 0. The predicted molar refractivity (Wildman–Crippen MR) is 121 cm³/mol. The first-order valence-electron chi connectivity index (χ1n) is 11.3. The van der Waals surface area contributed by atoms with Gasteiger partial charge in [-0.1, -0.05) is 30.3 Å². The number of benzene rings is 2. The van der Waals surface area contributed by atoms with Crippen molar-refractivity contribution in [3.63, 3.8) is 0 Å². The van der Waals surface area contributed by atoms with E-state index in [9.17, 15) is 14.4 Å². The van der Waals surface area contributed by atoms with Crippen molar-refractivity contribution in [3.05, 3.63) is 65.7 Å². The number of carbonyl (C=O) groups is 3. The van der Waals surface area contributed by atoms with Gasteiger partial charge in [-0.2, -0.15) is 0 Å². The molecular weight excluding hydrogens is 404 g/mol. The second-order valence-electron chi connectivity index (χ2n) is 8.67. The minimum atomic E-state index is -0.271. The molecule has 6 nitrogen and oxygen atoms in total. The Balaban J connectivity index is 1.26. The lowest BCUT2D eigenvalue weighted by Gasteiger charge is -2.33. The van der Waals surface area contributed by atoms with Crippen LogP contribution in [0.15, 0.2) is 54.6 Å². The second kappa shape index (κ2) is 9.98. The molecule has 2 aliphatic rings. The van der Waals surface area contributed by atoms with Crippen LogP contribution in [0, 0.1) is 11.8 Å².